The van der Waals surface area contributed by atoms with Crippen molar-refractivity contribution < 1.29 is 4.42 Å². The van der Waals surface area contributed by atoms with Crippen LogP contribution in [0, 0.1) is 6.92 Å². The highest BCUT2D eigenvalue weighted by molar-refractivity contribution is 5.00. The average molecular weight is 221 g/mol. The molecule has 0 aliphatic rings. The Balaban J connectivity index is 1.71. The van der Waals surface area contributed by atoms with Crippen LogP contribution >= 0.6 is 0 Å². The molecule has 0 aliphatic heterocycles. The molecule has 0 radical (unpaired) electrons. The van der Waals surface area contributed by atoms with Gasteiger partial charge in [-0.3, -0.25) is 4.68 Å². The monoisotopic (exact) mass is 221 g/mol. The highest BCUT2D eigenvalue weighted by Gasteiger charge is 2.02. The van der Waals surface area contributed by atoms with Crippen molar-refractivity contribution in [2.75, 3.05) is 6.54 Å². The molecule has 2 heterocycles. The third-order valence-electron chi connectivity index (χ3n) is 2.32. The molecule has 0 aromatic carbocycles. The van der Waals surface area contributed by atoms with Crippen molar-refractivity contribution in [1.82, 2.24) is 25.3 Å². The second kappa shape index (κ2) is 4.89. The Morgan fingerprint density at radius 1 is 1.44 bits per heavy atom. The first kappa shape index (κ1) is 10.8. The van der Waals surface area contributed by atoms with Gasteiger partial charge < -0.3 is 9.73 Å². The first-order valence-electron chi connectivity index (χ1n) is 5.22. The van der Waals surface area contributed by atoms with Crippen LogP contribution < -0.4 is 5.32 Å². The fourth-order valence-corrected chi connectivity index (χ4v) is 1.47. The van der Waals surface area contributed by atoms with E-state index >= 15 is 0 Å². The fourth-order valence-electron chi connectivity index (χ4n) is 1.47. The maximum Gasteiger partial charge on any atom is 0.230 e. The Kier molecular flexibility index (Phi) is 3.31. The topological polar surface area (TPSA) is 68.8 Å². The van der Waals surface area contributed by atoms with E-state index in [9.17, 15) is 0 Å². The average Bonchev–Trinajstić information content (AvgIpc) is 2.83. The summed E-state index contributed by atoms with van der Waals surface area (Å²) in [5.74, 6) is 1.23. The van der Waals surface area contributed by atoms with Crippen molar-refractivity contribution in [1.29, 1.82) is 0 Å². The molecule has 0 saturated carbocycles. The van der Waals surface area contributed by atoms with Gasteiger partial charge in [-0.25, -0.2) is 0 Å². The summed E-state index contributed by atoms with van der Waals surface area (Å²) in [7, 11) is 1.94. The van der Waals surface area contributed by atoms with Gasteiger partial charge in [-0.15, -0.1) is 10.2 Å². The molecule has 6 nitrogen and oxygen atoms in total. The van der Waals surface area contributed by atoms with Gasteiger partial charge in [0.25, 0.3) is 0 Å². The highest BCUT2D eigenvalue weighted by atomic mass is 16.4. The van der Waals surface area contributed by atoms with Crippen LogP contribution in [0.25, 0.3) is 0 Å². The van der Waals surface area contributed by atoms with Crippen molar-refractivity contribution in [3.63, 3.8) is 0 Å². The summed E-state index contributed by atoms with van der Waals surface area (Å²) in [6.45, 7) is 3.26. The van der Waals surface area contributed by atoms with E-state index in [1.165, 1.54) is 5.69 Å². The van der Waals surface area contributed by atoms with E-state index < -0.39 is 0 Å². The summed E-state index contributed by atoms with van der Waals surface area (Å²) in [5.41, 5.74) is 1.20. The van der Waals surface area contributed by atoms with E-state index in [4.69, 9.17) is 4.42 Å². The van der Waals surface area contributed by atoms with Crippen LogP contribution in [-0.2, 0) is 20.0 Å². The molecule has 0 atom stereocenters. The van der Waals surface area contributed by atoms with Gasteiger partial charge in [0, 0.05) is 38.8 Å². The second-order valence-electron chi connectivity index (χ2n) is 3.59. The summed E-state index contributed by atoms with van der Waals surface area (Å²) in [5, 5.41) is 15.0. The molecule has 2 rings (SSSR count). The smallest absolute Gasteiger partial charge is 0.230 e. The Morgan fingerprint density at radius 3 is 2.94 bits per heavy atom. The summed E-state index contributed by atoms with van der Waals surface area (Å²) in [6, 6.07) is 2.01. The van der Waals surface area contributed by atoms with Crippen LogP contribution in [0.15, 0.2) is 16.7 Å². The van der Waals surface area contributed by atoms with Crippen molar-refractivity contribution in [2.45, 2.75) is 19.9 Å². The Morgan fingerprint density at radius 2 is 2.31 bits per heavy atom. The normalized spacial score (nSPS) is 10.9. The Bertz CT molecular complexity index is 448. The van der Waals surface area contributed by atoms with Gasteiger partial charge in [-0.2, -0.15) is 5.10 Å². The molecular weight excluding hydrogens is 206 g/mol. The van der Waals surface area contributed by atoms with Crippen LogP contribution in [0.4, 0.5) is 0 Å². The molecule has 0 aliphatic carbocycles. The lowest BCUT2D eigenvalue weighted by molar-refractivity contribution is 0.447. The number of nitrogens with zero attached hydrogens (tertiary/aromatic N) is 4. The highest BCUT2D eigenvalue weighted by Crippen LogP contribution is 1.98. The molecule has 0 saturated heterocycles. The minimum atomic E-state index is 0.600. The van der Waals surface area contributed by atoms with E-state index in [1.807, 2.05) is 17.8 Å². The summed E-state index contributed by atoms with van der Waals surface area (Å²) >= 11 is 0. The fraction of sp³-hybridized carbons (Fsp3) is 0.500. The molecule has 2 aromatic heterocycles. The van der Waals surface area contributed by atoms with Crippen LogP contribution in [0.5, 0.6) is 0 Å². The molecule has 0 bridgehead atoms. The van der Waals surface area contributed by atoms with Crippen molar-refractivity contribution >= 4 is 0 Å². The van der Waals surface area contributed by atoms with E-state index in [0.717, 1.165) is 13.0 Å². The maximum atomic E-state index is 5.24. The SMILES string of the molecule is Cc1nnc(CNCCc2ccnn2C)o1. The first-order chi connectivity index (χ1) is 7.75. The number of aromatic nitrogens is 4. The number of hydrogen-bond donors (Lipinski definition) is 1. The number of rotatable bonds is 5. The van der Waals surface area contributed by atoms with E-state index in [1.54, 1.807) is 13.1 Å². The molecule has 0 amide bonds. The number of aryl methyl sites for hydroxylation is 2. The van der Waals surface area contributed by atoms with E-state index in [0.29, 0.717) is 18.3 Å². The van der Waals surface area contributed by atoms with Crippen molar-refractivity contribution in [3.8, 4) is 0 Å². The van der Waals surface area contributed by atoms with Gasteiger partial charge in [-0.1, -0.05) is 0 Å². The minimum Gasteiger partial charge on any atom is -0.424 e. The molecule has 1 N–H and O–H groups in total. The zero-order chi connectivity index (χ0) is 11.4. The molecular formula is C10H15N5O. The molecule has 2 aromatic rings. The van der Waals surface area contributed by atoms with Gasteiger partial charge >= 0.3 is 0 Å². The van der Waals surface area contributed by atoms with Crippen molar-refractivity contribution in [2.24, 2.45) is 7.05 Å². The predicted molar refractivity (Wildman–Crippen MR) is 57.7 cm³/mol. The van der Waals surface area contributed by atoms with Crippen LogP contribution in [0.2, 0.25) is 0 Å². The lowest BCUT2D eigenvalue weighted by Gasteiger charge is -2.02. The van der Waals surface area contributed by atoms with E-state index in [-0.39, 0.29) is 0 Å². The van der Waals surface area contributed by atoms with Gasteiger partial charge in [0.1, 0.15) is 0 Å². The lowest BCUT2D eigenvalue weighted by atomic mass is 10.3. The largest absolute Gasteiger partial charge is 0.424 e. The Labute approximate surface area is 93.7 Å². The van der Waals surface area contributed by atoms with Crippen molar-refractivity contribution in [3.05, 3.63) is 29.7 Å². The van der Waals surface area contributed by atoms with Gasteiger partial charge in [0.05, 0.1) is 6.54 Å². The molecule has 16 heavy (non-hydrogen) atoms. The molecule has 6 heteroatoms. The lowest BCUT2D eigenvalue weighted by Crippen LogP contribution is -2.18. The summed E-state index contributed by atoms with van der Waals surface area (Å²) in [6.07, 6.45) is 2.74. The molecule has 0 fully saturated rings. The van der Waals surface area contributed by atoms with Crippen LogP contribution in [0.1, 0.15) is 17.5 Å². The first-order valence-corrected chi connectivity index (χ1v) is 5.22. The second-order valence-corrected chi connectivity index (χ2v) is 3.59. The summed E-state index contributed by atoms with van der Waals surface area (Å²) in [4.78, 5) is 0. The van der Waals surface area contributed by atoms with Crippen LogP contribution in [-0.4, -0.2) is 26.5 Å². The zero-order valence-corrected chi connectivity index (χ0v) is 9.47. The quantitative estimate of drug-likeness (QED) is 0.742. The third kappa shape index (κ3) is 2.66. The molecule has 0 unspecified atom stereocenters. The maximum absolute atomic E-state index is 5.24. The van der Waals surface area contributed by atoms with E-state index in [2.05, 4.69) is 20.6 Å². The molecule has 86 valence electrons. The summed E-state index contributed by atoms with van der Waals surface area (Å²) < 4.78 is 7.12. The number of nitrogens with one attached hydrogen (secondary N) is 1. The van der Waals surface area contributed by atoms with Gasteiger partial charge in [0.15, 0.2) is 0 Å². The molecule has 0 spiro atoms. The zero-order valence-electron chi connectivity index (χ0n) is 9.47. The van der Waals surface area contributed by atoms with Gasteiger partial charge in [-0.05, 0) is 6.07 Å². The number of hydrogen-bond acceptors (Lipinski definition) is 5. The Hall–Kier alpha value is -1.69. The standard InChI is InChI=1S/C10H15N5O/c1-8-13-14-10(16-8)7-11-5-3-9-4-6-12-15(9)2/h4,6,11H,3,5,7H2,1-2H3. The van der Waals surface area contributed by atoms with Crippen LogP contribution in [0.3, 0.4) is 0 Å². The van der Waals surface area contributed by atoms with Gasteiger partial charge in [0.2, 0.25) is 11.8 Å². The predicted octanol–water partition coefficient (Wildman–Crippen LogP) is 0.444. The minimum absolute atomic E-state index is 0.600. The third-order valence-corrected chi connectivity index (χ3v) is 2.32.